The van der Waals surface area contributed by atoms with Crippen LogP contribution in [-0.2, 0) is 5.41 Å². The lowest BCUT2D eigenvalue weighted by Crippen LogP contribution is -2.24. The van der Waals surface area contributed by atoms with E-state index < -0.39 is 0 Å². The molecule has 2 aliphatic rings. The van der Waals surface area contributed by atoms with Crippen molar-refractivity contribution in [1.82, 2.24) is 14.8 Å². The van der Waals surface area contributed by atoms with Crippen molar-refractivity contribution in [3.05, 3.63) is 11.6 Å². The van der Waals surface area contributed by atoms with E-state index in [-0.39, 0.29) is 5.41 Å². The van der Waals surface area contributed by atoms with Crippen molar-refractivity contribution in [2.45, 2.75) is 44.1 Å². The Labute approximate surface area is 83.5 Å². The monoisotopic (exact) mass is 192 g/mol. The molecule has 0 spiro atoms. The van der Waals surface area contributed by atoms with Crippen LogP contribution in [0.5, 0.6) is 0 Å². The first-order valence-corrected chi connectivity index (χ1v) is 5.39. The molecule has 4 heteroatoms. The summed E-state index contributed by atoms with van der Waals surface area (Å²) in [5.41, 5.74) is 6.00. The molecule has 4 nitrogen and oxygen atoms in total. The summed E-state index contributed by atoms with van der Waals surface area (Å²) in [5.74, 6) is 2.21. The molecule has 2 aliphatic carbocycles. The molecule has 0 aromatic carbocycles. The van der Waals surface area contributed by atoms with Gasteiger partial charge in [0.2, 0.25) is 0 Å². The first-order chi connectivity index (χ1) is 6.77. The lowest BCUT2D eigenvalue weighted by atomic mass is 10.1. The number of rotatable bonds is 3. The molecule has 1 heterocycles. The van der Waals surface area contributed by atoms with Crippen molar-refractivity contribution in [3.8, 4) is 0 Å². The van der Waals surface area contributed by atoms with Crippen molar-refractivity contribution in [2.24, 2.45) is 5.73 Å². The van der Waals surface area contributed by atoms with Gasteiger partial charge in [-0.25, -0.2) is 0 Å². The summed E-state index contributed by atoms with van der Waals surface area (Å²) < 4.78 is 2.32. The molecule has 1 aromatic rings. The fourth-order valence-electron chi connectivity index (χ4n) is 2.17. The third-order valence-corrected chi connectivity index (χ3v) is 3.50. The predicted molar refractivity (Wildman–Crippen MR) is 53.0 cm³/mol. The second-order valence-electron chi connectivity index (χ2n) is 4.66. The Hall–Kier alpha value is -0.900. The fourth-order valence-corrected chi connectivity index (χ4v) is 2.17. The molecule has 2 N–H and O–H groups in total. The Morgan fingerprint density at radius 1 is 1.43 bits per heavy atom. The third kappa shape index (κ3) is 1.03. The molecule has 14 heavy (non-hydrogen) atoms. The first-order valence-electron chi connectivity index (χ1n) is 5.39. The van der Waals surface area contributed by atoms with E-state index in [2.05, 4.69) is 14.8 Å². The zero-order chi connectivity index (χ0) is 9.76. The highest BCUT2D eigenvalue weighted by Gasteiger charge is 2.48. The van der Waals surface area contributed by atoms with E-state index in [1.807, 2.05) is 6.92 Å². The van der Waals surface area contributed by atoms with E-state index in [4.69, 9.17) is 5.73 Å². The van der Waals surface area contributed by atoms with E-state index in [9.17, 15) is 0 Å². The van der Waals surface area contributed by atoms with Crippen molar-refractivity contribution in [2.75, 3.05) is 6.54 Å². The quantitative estimate of drug-likeness (QED) is 0.774. The van der Waals surface area contributed by atoms with Gasteiger partial charge >= 0.3 is 0 Å². The fraction of sp³-hybridized carbons (Fsp3) is 0.800. The summed E-state index contributed by atoms with van der Waals surface area (Å²) in [7, 11) is 0. The maximum atomic E-state index is 5.82. The highest BCUT2D eigenvalue weighted by molar-refractivity contribution is 5.21. The van der Waals surface area contributed by atoms with Gasteiger partial charge in [-0.2, -0.15) is 0 Å². The van der Waals surface area contributed by atoms with Crippen LogP contribution in [-0.4, -0.2) is 21.3 Å². The Morgan fingerprint density at radius 3 is 2.64 bits per heavy atom. The molecule has 0 aliphatic heterocycles. The van der Waals surface area contributed by atoms with E-state index in [0.717, 1.165) is 18.2 Å². The molecule has 2 saturated carbocycles. The van der Waals surface area contributed by atoms with Crippen molar-refractivity contribution >= 4 is 0 Å². The average molecular weight is 192 g/mol. The molecule has 3 rings (SSSR count). The van der Waals surface area contributed by atoms with Gasteiger partial charge in [-0.1, -0.05) is 0 Å². The Balaban J connectivity index is 2.04. The van der Waals surface area contributed by atoms with Gasteiger partial charge in [0.15, 0.2) is 0 Å². The Kier molecular flexibility index (Phi) is 1.54. The van der Waals surface area contributed by atoms with Crippen LogP contribution in [0.25, 0.3) is 0 Å². The van der Waals surface area contributed by atoms with Crippen LogP contribution in [0, 0.1) is 6.92 Å². The lowest BCUT2D eigenvalue weighted by molar-refractivity contribution is 0.570. The Morgan fingerprint density at radius 2 is 2.14 bits per heavy atom. The minimum absolute atomic E-state index is 0.184. The average Bonchev–Trinajstić information content (AvgIpc) is 3.09. The summed E-state index contributed by atoms with van der Waals surface area (Å²) >= 11 is 0. The largest absolute Gasteiger partial charge is 0.329 e. The van der Waals surface area contributed by atoms with Crippen LogP contribution in [0.2, 0.25) is 0 Å². The van der Waals surface area contributed by atoms with Crippen molar-refractivity contribution in [3.63, 3.8) is 0 Å². The molecule has 0 bridgehead atoms. The summed E-state index contributed by atoms with van der Waals surface area (Å²) in [6, 6.07) is 0.670. The van der Waals surface area contributed by atoms with Crippen molar-refractivity contribution < 1.29 is 0 Å². The van der Waals surface area contributed by atoms with E-state index >= 15 is 0 Å². The normalized spacial score (nSPS) is 23.9. The SMILES string of the molecule is Cc1nnc(C2(CN)CC2)n1C1CC1. The molecule has 0 radical (unpaired) electrons. The highest BCUT2D eigenvalue weighted by atomic mass is 15.3. The maximum absolute atomic E-state index is 5.82. The van der Waals surface area contributed by atoms with Gasteiger partial charge < -0.3 is 10.3 Å². The number of aromatic nitrogens is 3. The van der Waals surface area contributed by atoms with Crippen LogP contribution in [0.4, 0.5) is 0 Å². The van der Waals surface area contributed by atoms with E-state index in [1.54, 1.807) is 0 Å². The van der Waals surface area contributed by atoms with Crippen LogP contribution < -0.4 is 5.73 Å². The summed E-state index contributed by atoms with van der Waals surface area (Å²) in [5, 5.41) is 8.50. The lowest BCUT2D eigenvalue weighted by Gasteiger charge is -2.13. The van der Waals surface area contributed by atoms with Gasteiger partial charge in [-0.3, -0.25) is 0 Å². The molecule has 0 saturated heterocycles. The molecule has 76 valence electrons. The van der Waals surface area contributed by atoms with Crippen molar-refractivity contribution in [1.29, 1.82) is 0 Å². The van der Waals surface area contributed by atoms with Crippen LogP contribution in [0.3, 0.4) is 0 Å². The topological polar surface area (TPSA) is 56.7 Å². The van der Waals surface area contributed by atoms with Crippen LogP contribution in [0.15, 0.2) is 0 Å². The Bertz CT molecular complexity index is 360. The molecule has 0 amide bonds. The van der Waals surface area contributed by atoms with Gasteiger partial charge in [0.1, 0.15) is 11.6 Å². The van der Waals surface area contributed by atoms with Gasteiger partial charge in [0.05, 0.1) is 0 Å². The molecule has 2 fully saturated rings. The van der Waals surface area contributed by atoms with Crippen LogP contribution in [0.1, 0.15) is 43.4 Å². The summed E-state index contributed by atoms with van der Waals surface area (Å²) in [6.45, 7) is 2.76. The minimum atomic E-state index is 0.184. The van der Waals surface area contributed by atoms with Gasteiger partial charge in [0.25, 0.3) is 0 Å². The van der Waals surface area contributed by atoms with Gasteiger partial charge in [0, 0.05) is 18.0 Å². The number of aryl methyl sites for hydroxylation is 1. The second-order valence-corrected chi connectivity index (χ2v) is 4.66. The van der Waals surface area contributed by atoms with E-state index in [1.165, 1.54) is 25.7 Å². The third-order valence-electron chi connectivity index (χ3n) is 3.50. The standard InChI is InChI=1S/C10H16N4/c1-7-12-13-9(10(6-11)4-5-10)14(7)8-2-3-8/h8H,2-6,11H2,1H3. The zero-order valence-corrected chi connectivity index (χ0v) is 8.53. The zero-order valence-electron chi connectivity index (χ0n) is 8.53. The molecular formula is C10H16N4. The van der Waals surface area contributed by atoms with E-state index in [0.29, 0.717) is 6.04 Å². The molecular weight excluding hydrogens is 176 g/mol. The highest BCUT2D eigenvalue weighted by Crippen LogP contribution is 2.49. The molecule has 0 unspecified atom stereocenters. The number of nitrogens with zero attached hydrogens (tertiary/aromatic N) is 3. The predicted octanol–water partition coefficient (Wildman–Crippen LogP) is 0.912. The second kappa shape index (κ2) is 2.57. The molecule has 0 atom stereocenters. The smallest absolute Gasteiger partial charge is 0.140 e. The van der Waals surface area contributed by atoms with Gasteiger partial charge in [-0.05, 0) is 32.6 Å². The van der Waals surface area contributed by atoms with Gasteiger partial charge in [-0.15, -0.1) is 10.2 Å². The first kappa shape index (κ1) is 8.41. The maximum Gasteiger partial charge on any atom is 0.140 e. The number of nitrogens with two attached hydrogens (primary N) is 1. The number of hydrogen-bond acceptors (Lipinski definition) is 3. The number of hydrogen-bond donors (Lipinski definition) is 1. The molecule has 1 aromatic heterocycles. The summed E-state index contributed by atoms with van der Waals surface area (Å²) in [4.78, 5) is 0. The van der Waals surface area contributed by atoms with Crippen LogP contribution >= 0.6 is 0 Å². The summed E-state index contributed by atoms with van der Waals surface area (Å²) in [6.07, 6.45) is 4.95. The minimum Gasteiger partial charge on any atom is -0.329 e.